The Kier molecular flexibility index (Phi) is 10.2. The largest absolute Gasteiger partial charge is 0.396 e. The van der Waals surface area contributed by atoms with Gasteiger partial charge in [-0.05, 0) is 31.9 Å². The average molecular weight is 341 g/mol. The fourth-order valence-electron chi connectivity index (χ4n) is 2.68. The minimum absolute atomic E-state index is 0.261. The molecule has 0 atom stereocenters. The van der Waals surface area contributed by atoms with E-state index in [1.54, 1.807) is 12.1 Å². The van der Waals surface area contributed by atoms with Crippen molar-refractivity contribution in [2.75, 3.05) is 12.4 Å². The Morgan fingerprint density at radius 2 is 1.17 bits per heavy atom. The van der Waals surface area contributed by atoms with Gasteiger partial charge in [0.05, 0.1) is 10.6 Å². The summed E-state index contributed by atoms with van der Waals surface area (Å²) in [4.78, 5) is 0.450. The lowest BCUT2D eigenvalue weighted by Gasteiger charge is -2.05. The van der Waals surface area contributed by atoms with E-state index in [0.717, 1.165) is 37.7 Å². The molecule has 0 bridgehead atoms. The van der Waals surface area contributed by atoms with E-state index in [-0.39, 0.29) is 5.75 Å². The summed E-state index contributed by atoms with van der Waals surface area (Å²) in [6, 6.07) is 7.13. The summed E-state index contributed by atoms with van der Waals surface area (Å²) in [6.45, 7) is 2.27. The molecule has 0 aliphatic rings. The van der Waals surface area contributed by atoms with Crippen molar-refractivity contribution >= 4 is 9.84 Å². The Labute approximate surface area is 142 Å². The number of aliphatic hydroxyl groups excluding tert-OH is 1. The maximum atomic E-state index is 12.2. The van der Waals surface area contributed by atoms with Gasteiger partial charge in [0.2, 0.25) is 0 Å². The van der Waals surface area contributed by atoms with Crippen molar-refractivity contribution in [3.8, 4) is 0 Å². The summed E-state index contributed by atoms with van der Waals surface area (Å²) >= 11 is 0. The molecule has 0 aromatic heterocycles. The zero-order valence-corrected chi connectivity index (χ0v) is 15.3. The van der Waals surface area contributed by atoms with Crippen LogP contribution in [0, 0.1) is 6.92 Å². The first-order valence-corrected chi connectivity index (χ1v) is 10.6. The van der Waals surface area contributed by atoms with Gasteiger partial charge < -0.3 is 5.11 Å². The van der Waals surface area contributed by atoms with E-state index in [0.29, 0.717) is 11.5 Å². The number of hydrogen-bond acceptors (Lipinski definition) is 3. The van der Waals surface area contributed by atoms with Gasteiger partial charge in [0.25, 0.3) is 0 Å². The van der Waals surface area contributed by atoms with Gasteiger partial charge in [-0.25, -0.2) is 8.42 Å². The van der Waals surface area contributed by atoms with Gasteiger partial charge in [-0.1, -0.05) is 69.1 Å². The molecule has 0 radical (unpaired) electrons. The van der Waals surface area contributed by atoms with Crippen molar-refractivity contribution in [2.45, 2.75) is 76.0 Å². The second-order valence-corrected chi connectivity index (χ2v) is 8.50. The zero-order chi connectivity index (χ0) is 17.0. The van der Waals surface area contributed by atoms with Crippen LogP contribution >= 0.6 is 0 Å². The number of aryl methyl sites for hydroxylation is 1. The summed E-state index contributed by atoms with van der Waals surface area (Å²) in [5, 5.41) is 8.69. The summed E-state index contributed by atoms with van der Waals surface area (Å²) < 4.78 is 24.4. The molecule has 132 valence electrons. The molecular formula is C19H32O3S. The third kappa shape index (κ3) is 9.11. The van der Waals surface area contributed by atoms with E-state index in [4.69, 9.17) is 5.11 Å². The van der Waals surface area contributed by atoms with Crippen LogP contribution in [0.4, 0.5) is 0 Å². The SMILES string of the molecule is Cc1ccc(S(=O)(=O)CCCCCCCCCCCCO)cc1. The Morgan fingerprint density at radius 1 is 0.739 bits per heavy atom. The fraction of sp³-hybridized carbons (Fsp3) is 0.684. The van der Waals surface area contributed by atoms with Crippen LogP contribution in [0.3, 0.4) is 0 Å². The first-order valence-electron chi connectivity index (χ1n) is 8.96. The summed E-state index contributed by atoms with van der Waals surface area (Å²) in [6.07, 6.45) is 11.1. The van der Waals surface area contributed by atoms with Crippen LogP contribution in [0.1, 0.15) is 69.8 Å². The topological polar surface area (TPSA) is 54.4 Å². The Balaban J connectivity index is 2.05. The maximum Gasteiger partial charge on any atom is 0.178 e. The molecule has 0 heterocycles. The quantitative estimate of drug-likeness (QED) is 0.531. The average Bonchev–Trinajstić information content (AvgIpc) is 2.53. The molecule has 0 aliphatic carbocycles. The van der Waals surface area contributed by atoms with Crippen LogP contribution < -0.4 is 0 Å². The van der Waals surface area contributed by atoms with Gasteiger partial charge >= 0.3 is 0 Å². The molecule has 23 heavy (non-hydrogen) atoms. The number of hydrogen-bond donors (Lipinski definition) is 1. The lowest BCUT2D eigenvalue weighted by atomic mass is 10.1. The highest BCUT2D eigenvalue weighted by molar-refractivity contribution is 7.91. The molecule has 1 rings (SSSR count). The summed E-state index contributed by atoms with van der Waals surface area (Å²) in [7, 11) is -3.11. The molecule has 0 spiro atoms. The van der Waals surface area contributed by atoms with E-state index in [1.807, 2.05) is 19.1 Å². The van der Waals surface area contributed by atoms with E-state index in [9.17, 15) is 8.42 Å². The highest BCUT2D eigenvalue weighted by Gasteiger charge is 2.13. The molecule has 1 aromatic rings. The van der Waals surface area contributed by atoms with Gasteiger partial charge in [-0.15, -0.1) is 0 Å². The molecule has 1 aromatic carbocycles. The lowest BCUT2D eigenvalue weighted by Crippen LogP contribution is -2.06. The Hall–Kier alpha value is -0.870. The van der Waals surface area contributed by atoms with Crippen molar-refractivity contribution in [3.05, 3.63) is 29.8 Å². The van der Waals surface area contributed by atoms with Gasteiger partial charge in [0.15, 0.2) is 9.84 Å². The number of sulfone groups is 1. The molecule has 4 heteroatoms. The van der Waals surface area contributed by atoms with Crippen molar-refractivity contribution in [3.63, 3.8) is 0 Å². The lowest BCUT2D eigenvalue weighted by molar-refractivity contribution is 0.282. The second-order valence-electron chi connectivity index (χ2n) is 6.39. The van der Waals surface area contributed by atoms with Crippen LogP contribution in [0.2, 0.25) is 0 Å². The first-order chi connectivity index (χ1) is 11.1. The van der Waals surface area contributed by atoms with Gasteiger partial charge in [0, 0.05) is 6.61 Å². The molecule has 0 unspecified atom stereocenters. The molecule has 0 saturated carbocycles. The fourth-order valence-corrected chi connectivity index (χ4v) is 4.05. The highest BCUT2D eigenvalue weighted by Crippen LogP contribution is 2.15. The Morgan fingerprint density at radius 3 is 1.65 bits per heavy atom. The van der Waals surface area contributed by atoms with Gasteiger partial charge in [-0.2, -0.15) is 0 Å². The first kappa shape index (κ1) is 20.2. The third-order valence-corrected chi connectivity index (χ3v) is 6.02. The minimum atomic E-state index is -3.11. The highest BCUT2D eigenvalue weighted by atomic mass is 32.2. The summed E-state index contributed by atoms with van der Waals surface area (Å²) in [5.74, 6) is 0.261. The minimum Gasteiger partial charge on any atom is -0.396 e. The van der Waals surface area contributed by atoms with Crippen molar-refractivity contribution in [2.24, 2.45) is 0 Å². The molecule has 3 nitrogen and oxygen atoms in total. The third-order valence-electron chi connectivity index (χ3n) is 4.20. The van der Waals surface area contributed by atoms with E-state index < -0.39 is 9.84 Å². The van der Waals surface area contributed by atoms with Crippen LogP contribution in [0.25, 0.3) is 0 Å². The predicted octanol–water partition coefficient (Wildman–Crippen LogP) is 4.66. The van der Waals surface area contributed by atoms with E-state index in [2.05, 4.69) is 0 Å². The molecular weight excluding hydrogens is 308 g/mol. The maximum absolute atomic E-state index is 12.2. The van der Waals surface area contributed by atoms with Crippen LogP contribution in [0.15, 0.2) is 29.2 Å². The van der Waals surface area contributed by atoms with Crippen LogP contribution in [-0.4, -0.2) is 25.9 Å². The molecule has 0 saturated heterocycles. The van der Waals surface area contributed by atoms with Crippen LogP contribution in [0.5, 0.6) is 0 Å². The second kappa shape index (κ2) is 11.6. The summed E-state index contributed by atoms with van der Waals surface area (Å²) in [5.41, 5.74) is 1.08. The van der Waals surface area contributed by atoms with Crippen LogP contribution in [-0.2, 0) is 9.84 Å². The van der Waals surface area contributed by atoms with Crippen molar-refractivity contribution in [1.29, 1.82) is 0 Å². The number of rotatable bonds is 13. The number of benzene rings is 1. The van der Waals surface area contributed by atoms with Gasteiger partial charge in [0.1, 0.15) is 0 Å². The standard InChI is InChI=1S/C19H32O3S/c1-18-12-14-19(15-13-18)23(21,22)17-11-9-7-5-3-2-4-6-8-10-16-20/h12-15,20H,2-11,16-17H2,1H3. The Bertz CT molecular complexity index is 506. The van der Waals surface area contributed by atoms with Gasteiger partial charge in [-0.3, -0.25) is 0 Å². The molecule has 0 fully saturated rings. The van der Waals surface area contributed by atoms with Crippen molar-refractivity contribution < 1.29 is 13.5 Å². The smallest absolute Gasteiger partial charge is 0.178 e. The monoisotopic (exact) mass is 340 g/mol. The molecule has 1 N–H and O–H groups in total. The van der Waals surface area contributed by atoms with E-state index >= 15 is 0 Å². The molecule has 0 aliphatic heterocycles. The van der Waals surface area contributed by atoms with E-state index in [1.165, 1.54) is 32.1 Å². The number of aliphatic hydroxyl groups is 1. The zero-order valence-electron chi connectivity index (χ0n) is 14.5. The van der Waals surface area contributed by atoms with Crippen molar-refractivity contribution in [1.82, 2.24) is 0 Å². The molecule has 0 amide bonds. The predicted molar refractivity (Wildman–Crippen MR) is 96.5 cm³/mol. The number of unbranched alkanes of at least 4 members (excludes halogenated alkanes) is 9. The normalized spacial score (nSPS) is 11.7.